The quantitative estimate of drug-likeness (QED) is 0.726. The molecule has 0 N–H and O–H groups in total. The molecule has 0 spiro atoms. The molecule has 17 heavy (non-hydrogen) atoms. The van der Waals surface area contributed by atoms with E-state index in [9.17, 15) is 4.39 Å². The predicted octanol–water partition coefficient (Wildman–Crippen LogP) is 3.18. The zero-order chi connectivity index (χ0) is 12.3. The van der Waals surface area contributed by atoms with Crippen LogP contribution >= 0.6 is 11.6 Å². The zero-order valence-electron chi connectivity index (χ0n) is 9.96. The van der Waals surface area contributed by atoms with Gasteiger partial charge in [-0.05, 0) is 25.0 Å². The highest BCUT2D eigenvalue weighted by Gasteiger charge is 2.30. The third-order valence-corrected chi connectivity index (χ3v) is 3.33. The van der Waals surface area contributed by atoms with Crippen molar-refractivity contribution in [2.45, 2.75) is 24.8 Å². The summed E-state index contributed by atoms with van der Waals surface area (Å²) in [6.45, 7) is 1.43. The number of rotatable bonds is 6. The van der Waals surface area contributed by atoms with E-state index in [4.69, 9.17) is 16.3 Å². The lowest BCUT2D eigenvalue weighted by Crippen LogP contribution is -2.30. The fraction of sp³-hybridized carbons (Fsp3) is 0.538. The molecule has 1 aliphatic rings. The Morgan fingerprint density at radius 2 is 2.24 bits per heavy atom. The van der Waals surface area contributed by atoms with Crippen molar-refractivity contribution in [1.29, 1.82) is 0 Å². The van der Waals surface area contributed by atoms with Gasteiger partial charge in [-0.2, -0.15) is 0 Å². The molecule has 0 atom stereocenters. The Balaban J connectivity index is 2.25. The van der Waals surface area contributed by atoms with Gasteiger partial charge in [-0.3, -0.25) is 0 Å². The summed E-state index contributed by atoms with van der Waals surface area (Å²) in [5.74, 6) is -0.0151. The van der Waals surface area contributed by atoms with Gasteiger partial charge in [-0.15, -0.1) is 11.6 Å². The summed E-state index contributed by atoms with van der Waals surface area (Å²) in [6.07, 6.45) is 2.34. The Morgan fingerprint density at radius 1 is 1.47 bits per heavy atom. The molecule has 0 aliphatic heterocycles. The van der Waals surface area contributed by atoms with Crippen molar-refractivity contribution in [3.8, 4) is 0 Å². The largest absolute Gasteiger partial charge is 0.383 e. The second-order valence-electron chi connectivity index (χ2n) is 4.29. The van der Waals surface area contributed by atoms with Crippen LogP contribution in [0.4, 0.5) is 10.1 Å². The van der Waals surface area contributed by atoms with Gasteiger partial charge in [0.2, 0.25) is 0 Å². The number of methoxy groups -OCH3 is 1. The first kappa shape index (κ1) is 12.7. The maximum Gasteiger partial charge on any atom is 0.129 e. The van der Waals surface area contributed by atoms with Gasteiger partial charge in [0.15, 0.2) is 0 Å². The van der Waals surface area contributed by atoms with Crippen molar-refractivity contribution in [3.63, 3.8) is 0 Å². The lowest BCUT2D eigenvalue weighted by molar-refractivity contribution is 0.205. The third kappa shape index (κ3) is 2.90. The van der Waals surface area contributed by atoms with Crippen LogP contribution in [0.2, 0.25) is 0 Å². The van der Waals surface area contributed by atoms with Crippen LogP contribution in [0.1, 0.15) is 18.4 Å². The molecule has 0 aromatic heterocycles. The van der Waals surface area contributed by atoms with Crippen LogP contribution in [0, 0.1) is 5.82 Å². The summed E-state index contributed by atoms with van der Waals surface area (Å²) >= 11 is 5.84. The number of benzene rings is 1. The van der Waals surface area contributed by atoms with Gasteiger partial charge in [0.1, 0.15) is 5.82 Å². The molecule has 0 bridgehead atoms. The summed E-state index contributed by atoms with van der Waals surface area (Å²) in [5.41, 5.74) is 1.51. The van der Waals surface area contributed by atoms with Gasteiger partial charge in [0.05, 0.1) is 12.5 Å². The molecule has 2 rings (SSSR count). The topological polar surface area (TPSA) is 12.5 Å². The summed E-state index contributed by atoms with van der Waals surface area (Å²) < 4.78 is 18.8. The van der Waals surface area contributed by atoms with Crippen LogP contribution < -0.4 is 4.90 Å². The van der Waals surface area contributed by atoms with Crippen molar-refractivity contribution in [1.82, 2.24) is 0 Å². The molecule has 1 aromatic rings. The summed E-state index contributed by atoms with van der Waals surface area (Å²) in [7, 11) is 1.68. The van der Waals surface area contributed by atoms with E-state index in [2.05, 4.69) is 4.90 Å². The van der Waals surface area contributed by atoms with Crippen LogP contribution in [0.3, 0.4) is 0 Å². The molecule has 0 radical (unpaired) electrons. The number of anilines is 1. The van der Waals surface area contributed by atoms with Gasteiger partial charge in [-0.1, -0.05) is 6.07 Å². The average molecular weight is 258 g/mol. The number of hydrogen-bond acceptors (Lipinski definition) is 2. The maximum absolute atomic E-state index is 13.7. The minimum Gasteiger partial charge on any atom is -0.383 e. The molecular weight excluding hydrogens is 241 g/mol. The Labute approximate surface area is 106 Å². The molecule has 2 nitrogen and oxygen atoms in total. The van der Waals surface area contributed by atoms with Gasteiger partial charge in [-0.25, -0.2) is 4.39 Å². The van der Waals surface area contributed by atoms with E-state index < -0.39 is 0 Å². The summed E-state index contributed by atoms with van der Waals surface area (Å²) in [4.78, 5) is 2.21. The van der Waals surface area contributed by atoms with Crippen molar-refractivity contribution in [3.05, 3.63) is 29.6 Å². The van der Waals surface area contributed by atoms with E-state index >= 15 is 0 Å². The number of ether oxygens (including phenoxy) is 1. The average Bonchev–Trinajstić information content (AvgIpc) is 3.14. The van der Waals surface area contributed by atoms with E-state index in [1.54, 1.807) is 13.2 Å². The molecule has 94 valence electrons. The second-order valence-corrected chi connectivity index (χ2v) is 4.56. The summed E-state index contributed by atoms with van der Waals surface area (Å²) in [5, 5.41) is 0. The van der Waals surface area contributed by atoms with Crippen molar-refractivity contribution in [2.75, 3.05) is 25.2 Å². The number of halogens is 2. The first-order valence-corrected chi connectivity index (χ1v) is 6.40. The highest BCUT2D eigenvalue weighted by molar-refractivity contribution is 6.17. The fourth-order valence-corrected chi connectivity index (χ4v) is 2.29. The van der Waals surface area contributed by atoms with E-state index in [1.165, 1.54) is 18.9 Å². The van der Waals surface area contributed by atoms with Gasteiger partial charge < -0.3 is 9.64 Å². The smallest absolute Gasteiger partial charge is 0.129 e. The van der Waals surface area contributed by atoms with Crippen molar-refractivity contribution >= 4 is 17.3 Å². The lowest BCUT2D eigenvalue weighted by Gasteiger charge is -2.26. The van der Waals surface area contributed by atoms with E-state index in [0.29, 0.717) is 18.2 Å². The molecule has 0 amide bonds. The second kappa shape index (κ2) is 5.69. The molecule has 4 heteroatoms. The molecule has 0 unspecified atom stereocenters. The Bertz CT molecular complexity index is 382. The molecule has 1 saturated carbocycles. The Hall–Kier alpha value is -0.800. The summed E-state index contributed by atoms with van der Waals surface area (Å²) in [6, 6.07) is 5.66. The van der Waals surface area contributed by atoms with E-state index in [-0.39, 0.29) is 11.7 Å². The standard InChI is InChI=1S/C13H17ClFNO/c1-17-8-7-16(10-5-6-10)13-4-2-3-12(15)11(13)9-14/h2-4,10H,5-9H2,1H3. The lowest BCUT2D eigenvalue weighted by atomic mass is 10.1. The first-order chi connectivity index (χ1) is 8.27. The first-order valence-electron chi connectivity index (χ1n) is 5.87. The Kier molecular flexibility index (Phi) is 4.24. The minimum atomic E-state index is -0.222. The monoisotopic (exact) mass is 257 g/mol. The molecule has 1 aromatic carbocycles. The number of hydrogen-bond donors (Lipinski definition) is 0. The van der Waals surface area contributed by atoms with Crippen LogP contribution in [-0.2, 0) is 10.6 Å². The van der Waals surface area contributed by atoms with Gasteiger partial charge in [0.25, 0.3) is 0 Å². The zero-order valence-corrected chi connectivity index (χ0v) is 10.7. The van der Waals surface area contributed by atoms with Crippen LogP contribution in [0.5, 0.6) is 0 Å². The SMILES string of the molecule is COCCN(c1cccc(F)c1CCl)C1CC1. The number of nitrogens with zero attached hydrogens (tertiary/aromatic N) is 1. The van der Waals surface area contributed by atoms with Gasteiger partial charge >= 0.3 is 0 Å². The predicted molar refractivity (Wildman–Crippen MR) is 68.2 cm³/mol. The van der Waals surface area contributed by atoms with Crippen LogP contribution in [0.15, 0.2) is 18.2 Å². The van der Waals surface area contributed by atoms with Crippen molar-refractivity contribution in [2.24, 2.45) is 0 Å². The molecule has 0 saturated heterocycles. The molecule has 1 aliphatic carbocycles. The van der Waals surface area contributed by atoms with Crippen LogP contribution in [-0.4, -0.2) is 26.3 Å². The van der Waals surface area contributed by atoms with Crippen molar-refractivity contribution < 1.29 is 9.13 Å². The van der Waals surface area contributed by atoms with E-state index in [0.717, 1.165) is 12.2 Å². The van der Waals surface area contributed by atoms with E-state index in [1.807, 2.05) is 6.07 Å². The van der Waals surface area contributed by atoms with Gasteiger partial charge in [0, 0.05) is 30.9 Å². The normalized spacial score (nSPS) is 15.0. The Morgan fingerprint density at radius 3 is 2.82 bits per heavy atom. The highest BCUT2D eigenvalue weighted by atomic mass is 35.5. The minimum absolute atomic E-state index is 0.207. The highest BCUT2D eigenvalue weighted by Crippen LogP contribution is 2.34. The molecule has 1 fully saturated rings. The third-order valence-electron chi connectivity index (χ3n) is 3.06. The molecule has 0 heterocycles. The van der Waals surface area contributed by atoms with Crippen LogP contribution in [0.25, 0.3) is 0 Å². The fourth-order valence-electron chi connectivity index (χ4n) is 2.02. The molecular formula is C13H17ClFNO. The maximum atomic E-state index is 13.7. The number of alkyl halides is 1.